The number of ketones is 1. The van der Waals surface area contributed by atoms with Gasteiger partial charge >= 0.3 is 5.97 Å². The molecule has 0 spiro atoms. The number of nitrogens with one attached hydrogen (secondary N) is 1. The van der Waals surface area contributed by atoms with E-state index in [4.69, 9.17) is 5.11 Å². The molecule has 0 unspecified atom stereocenters. The maximum Gasteiger partial charge on any atom is 0.335 e. The van der Waals surface area contributed by atoms with Crippen LogP contribution < -0.4 is 5.43 Å². The van der Waals surface area contributed by atoms with Crippen LogP contribution in [0, 0.1) is 0 Å². The maximum absolute atomic E-state index is 11.5. The van der Waals surface area contributed by atoms with E-state index in [1.54, 1.807) is 12.1 Å². The molecule has 0 saturated heterocycles. The molecule has 0 aromatic heterocycles. The van der Waals surface area contributed by atoms with Crippen molar-refractivity contribution in [2.45, 2.75) is 25.7 Å². The number of carboxylic acid groups (broad SMARTS) is 1. The molecule has 1 aliphatic carbocycles. The molecular formula is C13H14N2O3. The molecule has 94 valence electrons. The normalized spacial score (nSPS) is 17.8. The van der Waals surface area contributed by atoms with Crippen molar-refractivity contribution in [3.63, 3.8) is 0 Å². The number of Topliss-reactive ketones (excluding diaryl/α,β-unsaturated/α-hetero) is 1. The molecule has 0 radical (unpaired) electrons. The molecule has 0 heterocycles. The van der Waals surface area contributed by atoms with Gasteiger partial charge in [-0.25, -0.2) is 4.79 Å². The Morgan fingerprint density at radius 1 is 1.17 bits per heavy atom. The fourth-order valence-electron chi connectivity index (χ4n) is 1.80. The van der Waals surface area contributed by atoms with Crippen molar-refractivity contribution in [3.05, 3.63) is 29.8 Å². The van der Waals surface area contributed by atoms with Gasteiger partial charge in [0, 0.05) is 6.42 Å². The zero-order valence-electron chi connectivity index (χ0n) is 9.85. The Morgan fingerprint density at radius 2 is 1.83 bits per heavy atom. The summed E-state index contributed by atoms with van der Waals surface area (Å²) in [7, 11) is 0. The summed E-state index contributed by atoms with van der Waals surface area (Å²) in [6.45, 7) is 0. The smallest absolute Gasteiger partial charge is 0.335 e. The molecular weight excluding hydrogens is 232 g/mol. The summed E-state index contributed by atoms with van der Waals surface area (Å²) in [5, 5.41) is 12.8. The number of aromatic carboxylic acids is 1. The Balaban J connectivity index is 2.03. The third-order valence-electron chi connectivity index (χ3n) is 2.84. The van der Waals surface area contributed by atoms with Crippen LogP contribution in [0.4, 0.5) is 5.69 Å². The fraction of sp³-hybridized carbons (Fsp3) is 0.308. The third-order valence-corrected chi connectivity index (χ3v) is 2.84. The number of nitrogens with zero attached hydrogens (tertiary/aromatic N) is 1. The highest BCUT2D eigenvalue weighted by Gasteiger charge is 2.16. The van der Waals surface area contributed by atoms with Crippen molar-refractivity contribution < 1.29 is 14.7 Å². The minimum Gasteiger partial charge on any atom is -0.478 e. The number of anilines is 1. The molecule has 5 nitrogen and oxygen atoms in total. The average molecular weight is 246 g/mol. The first-order valence-electron chi connectivity index (χ1n) is 5.86. The lowest BCUT2D eigenvalue weighted by Gasteiger charge is -2.11. The average Bonchev–Trinajstić information content (AvgIpc) is 2.38. The summed E-state index contributed by atoms with van der Waals surface area (Å²) in [5.41, 5.74) is 4.25. The largest absolute Gasteiger partial charge is 0.478 e. The van der Waals surface area contributed by atoms with Gasteiger partial charge in [-0.3, -0.25) is 10.2 Å². The fourth-order valence-corrected chi connectivity index (χ4v) is 1.80. The summed E-state index contributed by atoms with van der Waals surface area (Å²) >= 11 is 0. The highest BCUT2D eigenvalue weighted by atomic mass is 16.4. The van der Waals surface area contributed by atoms with Crippen LogP contribution in [-0.4, -0.2) is 22.6 Å². The monoisotopic (exact) mass is 246 g/mol. The molecule has 0 aliphatic heterocycles. The van der Waals surface area contributed by atoms with Gasteiger partial charge in [-0.15, -0.1) is 0 Å². The topological polar surface area (TPSA) is 78.8 Å². The molecule has 1 aromatic carbocycles. The first-order chi connectivity index (χ1) is 8.66. The van der Waals surface area contributed by atoms with Gasteiger partial charge in [0.1, 0.15) is 5.71 Å². The molecule has 18 heavy (non-hydrogen) atoms. The highest BCUT2D eigenvalue weighted by Crippen LogP contribution is 2.14. The van der Waals surface area contributed by atoms with E-state index in [0.717, 1.165) is 12.8 Å². The molecule has 0 atom stereocenters. The number of carbonyl (C=O) groups excluding carboxylic acids is 1. The van der Waals surface area contributed by atoms with Gasteiger partial charge in [0.15, 0.2) is 5.78 Å². The van der Waals surface area contributed by atoms with Crippen molar-refractivity contribution >= 4 is 23.2 Å². The number of hydrazone groups is 1. The SMILES string of the molecule is O=C1CCCCC1=NNc1ccc(C(=O)O)cc1. The van der Waals surface area contributed by atoms with Gasteiger partial charge in [-0.05, 0) is 43.5 Å². The van der Waals surface area contributed by atoms with Crippen LogP contribution in [-0.2, 0) is 4.79 Å². The van der Waals surface area contributed by atoms with E-state index >= 15 is 0 Å². The predicted octanol–water partition coefficient (Wildman–Crippen LogP) is 2.30. The van der Waals surface area contributed by atoms with E-state index in [1.807, 2.05) is 0 Å². The molecule has 0 bridgehead atoms. The first-order valence-corrected chi connectivity index (χ1v) is 5.86. The number of carbonyl (C=O) groups is 2. The van der Waals surface area contributed by atoms with E-state index in [0.29, 0.717) is 24.2 Å². The van der Waals surface area contributed by atoms with Crippen LogP contribution in [0.5, 0.6) is 0 Å². The van der Waals surface area contributed by atoms with E-state index in [9.17, 15) is 9.59 Å². The quantitative estimate of drug-likeness (QED) is 0.802. The second-order valence-electron chi connectivity index (χ2n) is 4.18. The van der Waals surface area contributed by atoms with Crippen LogP contribution in [0.15, 0.2) is 29.4 Å². The van der Waals surface area contributed by atoms with Crippen LogP contribution in [0.3, 0.4) is 0 Å². The Kier molecular flexibility index (Phi) is 3.72. The van der Waals surface area contributed by atoms with E-state index in [1.165, 1.54) is 12.1 Å². The van der Waals surface area contributed by atoms with Crippen LogP contribution in [0.1, 0.15) is 36.0 Å². The standard InChI is InChI=1S/C13H14N2O3/c16-12-4-2-1-3-11(12)15-14-10-7-5-9(6-8-10)13(17)18/h5-8,14H,1-4H2,(H,17,18). The van der Waals surface area contributed by atoms with Crippen molar-refractivity contribution in [2.24, 2.45) is 5.10 Å². The summed E-state index contributed by atoms with van der Waals surface area (Å²) in [6.07, 6.45) is 3.20. The Labute approximate surface area is 105 Å². The van der Waals surface area contributed by atoms with Crippen LogP contribution in [0.2, 0.25) is 0 Å². The van der Waals surface area contributed by atoms with E-state index in [2.05, 4.69) is 10.5 Å². The molecule has 0 amide bonds. The van der Waals surface area contributed by atoms with Gasteiger partial charge in [0.25, 0.3) is 0 Å². The third kappa shape index (κ3) is 2.94. The van der Waals surface area contributed by atoms with Crippen molar-refractivity contribution in [2.75, 3.05) is 5.43 Å². The van der Waals surface area contributed by atoms with Gasteiger partial charge in [-0.2, -0.15) is 5.10 Å². The van der Waals surface area contributed by atoms with Gasteiger partial charge < -0.3 is 5.11 Å². The predicted molar refractivity (Wildman–Crippen MR) is 67.9 cm³/mol. The lowest BCUT2D eigenvalue weighted by molar-refractivity contribution is -0.113. The molecule has 1 saturated carbocycles. The van der Waals surface area contributed by atoms with Crippen molar-refractivity contribution in [3.8, 4) is 0 Å². The minimum atomic E-state index is -0.963. The number of hydrogen-bond acceptors (Lipinski definition) is 4. The lowest BCUT2D eigenvalue weighted by Crippen LogP contribution is -2.19. The Bertz CT molecular complexity index is 491. The number of rotatable bonds is 3. The van der Waals surface area contributed by atoms with E-state index < -0.39 is 5.97 Å². The van der Waals surface area contributed by atoms with Gasteiger partial charge in [-0.1, -0.05) is 0 Å². The highest BCUT2D eigenvalue weighted by molar-refractivity contribution is 6.40. The van der Waals surface area contributed by atoms with E-state index in [-0.39, 0.29) is 11.3 Å². The van der Waals surface area contributed by atoms with Crippen molar-refractivity contribution in [1.29, 1.82) is 0 Å². The zero-order chi connectivity index (χ0) is 13.0. The molecule has 2 N–H and O–H groups in total. The second-order valence-corrected chi connectivity index (χ2v) is 4.18. The molecule has 2 rings (SSSR count). The Hall–Kier alpha value is -2.17. The summed E-state index contributed by atoms with van der Waals surface area (Å²) in [4.78, 5) is 22.2. The molecule has 1 fully saturated rings. The lowest BCUT2D eigenvalue weighted by atomic mass is 9.97. The second kappa shape index (κ2) is 5.44. The Morgan fingerprint density at radius 3 is 2.44 bits per heavy atom. The molecule has 1 aromatic rings. The number of hydrogen-bond donors (Lipinski definition) is 2. The van der Waals surface area contributed by atoms with Gasteiger partial charge in [0.2, 0.25) is 0 Å². The van der Waals surface area contributed by atoms with Crippen molar-refractivity contribution in [1.82, 2.24) is 0 Å². The zero-order valence-corrected chi connectivity index (χ0v) is 9.85. The first kappa shape index (κ1) is 12.3. The maximum atomic E-state index is 11.5. The number of benzene rings is 1. The summed E-state index contributed by atoms with van der Waals surface area (Å²) in [5.74, 6) is -0.869. The van der Waals surface area contributed by atoms with Crippen LogP contribution >= 0.6 is 0 Å². The molecule has 1 aliphatic rings. The number of carboxylic acids is 1. The molecule has 5 heteroatoms. The summed E-state index contributed by atoms with van der Waals surface area (Å²) in [6, 6.07) is 6.24. The summed E-state index contributed by atoms with van der Waals surface area (Å²) < 4.78 is 0. The van der Waals surface area contributed by atoms with Crippen LogP contribution in [0.25, 0.3) is 0 Å². The minimum absolute atomic E-state index is 0.0934. The van der Waals surface area contributed by atoms with Gasteiger partial charge in [0.05, 0.1) is 11.3 Å².